The van der Waals surface area contributed by atoms with Gasteiger partial charge in [-0.15, -0.1) is 0 Å². The highest BCUT2D eigenvalue weighted by Crippen LogP contribution is 2.24. The monoisotopic (exact) mass is 436 g/mol. The zero-order chi connectivity index (χ0) is 22.5. The van der Waals surface area contributed by atoms with E-state index < -0.39 is 11.3 Å². The fourth-order valence-corrected chi connectivity index (χ4v) is 4.84. The normalized spacial score (nSPS) is 17.5. The van der Waals surface area contributed by atoms with Crippen molar-refractivity contribution in [3.05, 3.63) is 69.6 Å². The Morgan fingerprint density at radius 2 is 1.62 bits per heavy atom. The number of aryl methyl sites for hydroxylation is 2. The van der Waals surface area contributed by atoms with E-state index in [2.05, 4.69) is 10.2 Å². The Labute approximate surface area is 189 Å². The average Bonchev–Trinajstić information content (AvgIpc) is 3.38. The lowest BCUT2D eigenvalue weighted by Gasteiger charge is -2.38. The van der Waals surface area contributed by atoms with Crippen LogP contribution in [0.2, 0.25) is 0 Å². The van der Waals surface area contributed by atoms with Crippen molar-refractivity contribution in [1.82, 2.24) is 19.7 Å². The number of piperazine rings is 1. The van der Waals surface area contributed by atoms with E-state index in [0.29, 0.717) is 25.7 Å². The SMILES string of the molecule is CNC(=O)c1cn(CCc2ccccc2)cc(C(=O)N2CCN(C3CCCC3)CC2)c1=O. The largest absolute Gasteiger partial charge is 0.355 e. The number of nitrogens with zero attached hydrogens (tertiary/aromatic N) is 3. The molecular formula is C25H32N4O3. The number of aromatic nitrogens is 1. The number of amides is 2. The molecule has 7 heteroatoms. The molecule has 1 saturated heterocycles. The van der Waals surface area contributed by atoms with Gasteiger partial charge in [0, 0.05) is 58.2 Å². The second-order valence-corrected chi connectivity index (χ2v) is 8.73. The van der Waals surface area contributed by atoms with Crippen LogP contribution in [0.1, 0.15) is 52.0 Å². The lowest BCUT2D eigenvalue weighted by Crippen LogP contribution is -2.52. The van der Waals surface area contributed by atoms with Crippen LogP contribution in [0.5, 0.6) is 0 Å². The first kappa shape index (κ1) is 22.3. The number of nitrogens with one attached hydrogen (secondary N) is 1. The van der Waals surface area contributed by atoms with Crippen LogP contribution in [-0.4, -0.2) is 65.4 Å². The molecule has 2 aliphatic rings. The van der Waals surface area contributed by atoms with Crippen molar-refractivity contribution in [2.75, 3.05) is 33.2 Å². The third-order valence-corrected chi connectivity index (χ3v) is 6.73. The third kappa shape index (κ3) is 4.93. The maximum atomic E-state index is 13.3. The molecule has 2 heterocycles. The lowest BCUT2D eigenvalue weighted by atomic mass is 10.1. The molecule has 170 valence electrons. The van der Waals surface area contributed by atoms with Crippen molar-refractivity contribution in [2.45, 2.75) is 44.7 Å². The predicted octanol–water partition coefficient (Wildman–Crippen LogP) is 2.15. The first-order chi connectivity index (χ1) is 15.6. The van der Waals surface area contributed by atoms with Crippen LogP contribution in [0.15, 0.2) is 47.5 Å². The highest BCUT2D eigenvalue weighted by molar-refractivity contribution is 5.99. The summed E-state index contributed by atoms with van der Waals surface area (Å²) in [5.41, 5.74) is 0.747. The molecule has 0 unspecified atom stereocenters. The van der Waals surface area contributed by atoms with Gasteiger partial charge in [0.25, 0.3) is 11.8 Å². The van der Waals surface area contributed by atoms with E-state index in [1.54, 1.807) is 21.9 Å². The molecule has 2 aromatic rings. The van der Waals surface area contributed by atoms with Gasteiger partial charge >= 0.3 is 0 Å². The second-order valence-electron chi connectivity index (χ2n) is 8.73. The maximum Gasteiger partial charge on any atom is 0.259 e. The quantitative estimate of drug-likeness (QED) is 0.753. The Morgan fingerprint density at radius 1 is 0.969 bits per heavy atom. The molecule has 1 aromatic carbocycles. The number of hydrogen-bond donors (Lipinski definition) is 1. The van der Waals surface area contributed by atoms with E-state index in [0.717, 1.165) is 25.1 Å². The van der Waals surface area contributed by atoms with Gasteiger partial charge in [0.2, 0.25) is 5.43 Å². The third-order valence-electron chi connectivity index (χ3n) is 6.73. The summed E-state index contributed by atoms with van der Waals surface area (Å²) in [6.45, 7) is 3.48. The fourth-order valence-electron chi connectivity index (χ4n) is 4.84. The van der Waals surface area contributed by atoms with E-state index in [1.807, 2.05) is 30.3 Å². The molecule has 1 saturated carbocycles. The van der Waals surface area contributed by atoms with Crippen molar-refractivity contribution >= 4 is 11.8 Å². The topological polar surface area (TPSA) is 74.7 Å². The molecule has 0 radical (unpaired) electrons. The second kappa shape index (κ2) is 10.1. The molecule has 7 nitrogen and oxygen atoms in total. The molecule has 1 aromatic heterocycles. The summed E-state index contributed by atoms with van der Waals surface area (Å²) in [6.07, 6.45) is 8.98. The van der Waals surface area contributed by atoms with E-state index in [-0.39, 0.29) is 17.0 Å². The summed E-state index contributed by atoms with van der Waals surface area (Å²) in [7, 11) is 1.49. The molecule has 1 aliphatic heterocycles. The predicted molar refractivity (Wildman–Crippen MR) is 124 cm³/mol. The van der Waals surface area contributed by atoms with E-state index in [4.69, 9.17) is 0 Å². The molecule has 32 heavy (non-hydrogen) atoms. The lowest BCUT2D eigenvalue weighted by molar-refractivity contribution is 0.0571. The average molecular weight is 437 g/mol. The smallest absolute Gasteiger partial charge is 0.259 e. The van der Waals surface area contributed by atoms with Crippen LogP contribution in [-0.2, 0) is 13.0 Å². The number of carbonyl (C=O) groups is 2. The van der Waals surface area contributed by atoms with Gasteiger partial charge < -0.3 is 14.8 Å². The van der Waals surface area contributed by atoms with Crippen LogP contribution in [0.3, 0.4) is 0 Å². The number of carbonyl (C=O) groups excluding carboxylic acids is 2. The summed E-state index contributed by atoms with van der Waals surface area (Å²) >= 11 is 0. The van der Waals surface area contributed by atoms with Crippen molar-refractivity contribution < 1.29 is 9.59 Å². The van der Waals surface area contributed by atoms with Gasteiger partial charge in [-0.3, -0.25) is 19.3 Å². The maximum absolute atomic E-state index is 13.3. The zero-order valence-electron chi connectivity index (χ0n) is 18.8. The number of hydrogen-bond acceptors (Lipinski definition) is 4. The van der Waals surface area contributed by atoms with Gasteiger partial charge in [0.15, 0.2) is 0 Å². The molecule has 0 bridgehead atoms. The van der Waals surface area contributed by atoms with Crippen molar-refractivity contribution in [1.29, 1.82) is 0 Å². The van der Waals surface area contributed by atoms with E-state index in [1.165, 1.54) is 32.7 Å². The summed E-state index contributed by atoms with van der Waals surface area (Å²) in [6, 6.07) is 10.7. The van der Waals surface area contributed by atoms with Gasteiger partial charge in [0.05, 0.1) is 0 Å². The summed E-state index contributed by atoms with van der Waals surface area (Å²) < 4.78 is 1.79. The minimum atomic E-state index is -0.497. The standard InChI is InChI=1S/C25H32N4O3/c1-26-24(31)21-17-27(12-11-19-7-3-2-4-8-19)18-22(23(21)30)25(32)29-15-13-28(14-16-29)20-9-5-6-10-20/h2-4,7-8,17-18,20H,5-6,9-16H2,1H3,(H,26,31). The van der Waals surface area contributed by atoms with E-state index >= 15 is 0 Å². The summed E-state index contributed by atoms with van der Waals surface area (Å²) in [5.74, 6) is -0.746. The van der Waals surface area contributed by atoms with Crippen molar-refractivity contribution in [2.24, 2.45) is 0 Å². The first-order valence-corrected chi connectivity index (χ1v) is 11.6. The Hall–Kier alpha value is -2.93. The number of rotatable bonds is 6. The first-order valence-electron chi connectivity index (χ1n) is 11.6. The van der Waals surface area contributed by atoms with Crippen LogP contribution < -0.4 is 10.7 Å². The van der Waals surface area contributed by atoms with Gasteiger partial charge in [-0.05, 0) is 24.8 Å². The molecule has 1 N–H and O–H groups in total. The molecule has 0 atom stereocenters. The Bertz CT molecular complexity index is 1000. The minimum Gasteiger partial charge on any atom is -0.355 e. The number of pyridine rings is 1. The number of benzene rings is 1. The van der Waals surface area contributed by atoms with Crippen molar-refractivity contribution in [3.63, 3.8) is 0 Å². The summed E-state index contributed by atoms with van der Waals surface area (Å²) in [4.78, 5) is 42.9. The Balaban J connectivity index is 1.52. The highest BCUT2D eigenvalue weighted by atomic mass is 16.2. The van der Waals surface area contributed by atoms with Crippen LogP contribution in [0.4, 0.5) is 0 Å². The van der Waals surface area contributed by atoms with Gasteiger partial charge in [0.1, 0.15) is 11.1 Å². The zero-order valence-corrected chi connectivity index (χ0v) is 18.8. The molecule has 1 aliphatic carbocycles. The highest BCUT2D eigenvalue weighted by Gasteiger charge is 2.30. The molecule has 0 spiro atoms. The molecule has 4 rings (SSSR count). The van der Waals surface area contributed by atoms with Crippen LogP contribution in [0, 0.1) is 0 Å². The van der Waals surface area contributed by atoms with Crippen LogP contribution >= 0.6 is 0 Å². The van der Waals surface area contributed by atoms with Gasteiger partial charge in [-0.2, -0.15) is 0 Å². The van der Waals surface area contributed by atoms with Crippen molar-refractivity contribution in [3.8, 4) is 0 Å². The molecular weight excluding hydrogens is 404 g/mol. The van der Waals surface area contributed by atoms with E-state index in [9.17, 15) is 14.4 Å². The Kier molecular flexibility index (Phi) is 7.05. The summed E-state index contributed by atoms with van der Waals surface area (Å²) in [5, 5.41) is 2.52. The minimum absolute atomic E-state index is 0.0102. The molecule has 2 amide bonds. The fraction of sp³-hybridized carbons (Fsp3) is 0.480. The molecule has 2 fully saturated rings. The van der Waals surface area contributed by atoms with Gasteiger partial charge in [-0.1, -0.05) is 43.2 Å². The van der Waals surface area contributed by atoms with Gasteiger partial charge in [-0.25, -0.2) is 0 Å². The Morgan fingerprint density at radius 3 is 2.28 bits per heavy atom. The van der Waals surface area contributed by atoms with Crippen LogP contribution in [0.25, 0.3) is 0 Å².